The molecular formula is C8H16BrN. The van der Waals surface area contributed by atoms with Gasteiger partial charge in [0.1, 0.15) is 0 Å². The maximum absolute atomic E-state index is 3.53. The van der Waals surface area contributed by atoms with Gasteiger partial charge >= 0.3 is 0 Å². The van der Waals surface area contributed by atoms with Crippen LogP contribution in [0.3, 0.4) is 0 Å². The molecule has 1 nitrogen and oxygen atoms in total. The fourth-order valence-corrected chi connectivity index (χ4v) is 1.88. The van der Waals surface area contributed by atoms with Crippen LogP contribution in [0, 0.1) is 5.92 Å². The van der Waals surface area contributed by atoms with E-state index in [1.165, 1.54) is 37.8 Å². The normalized spacial score (nSPS) is 22.2. The number of hydrogen-bond donors (Lipinski definition) is 0. The van der Waals surface area contributed by atoms with E-state index < -0.39 is 0 Å². The number of rotatable bonds is 4. The lowest BCUT2D eigenvalue weighted by molar-refractivity contribution is 0.157. The van der Waals surface area contributed by atoms with Crippen molar-refractivity contribution >= 4 is 15.9 Å². The Balaban J connectivity index is 2.08. The number of hydrogen-bond acceptors (Lipinski definition) is 1. The van der Waals surface area contributed by atoms with Gasteiger partial charge in [0, 0.05) is 11.9 Å². The van der Waals surface area contributed by atoms with Gasteiger partial charge in [0.05, 0.1) is 0 Å². The van der Waals surface area contributed by atoms with Crippen LogP contribution in [-0.4, -0.2) is 29.9 Å². The highest BCUT2D eigenvalue weighted by Gasteiger charge is 2.16. The first-order chi connectivity index (χ1) is 4.86. The van der Waals surface area contributed by atoms with Crippen molar-refractivity contribution in [1.29, 1.82) is 0 Å². The van der Waals surface area contributed by atoms with Gasteiger partial charge in [0.2, 0.25) is 0 Å². The van der Waals surface area contributed by atoms with Crippen molar-refractivity contribution in [2.24, 2.45) is 5.92 Å². The fraction of sp³-hybridized carbons (Fsp3) is 1.00. The minimum absolute atomic E-state index is 0.875. The molecule has 0 aliphatic carbocycles. The van der Waals surface area contributed by atoms with E-state index >= 15 is 0 Å². The minimum Gasteiger partial charge on any atom is -0.303 e. The molecule has 1 aliphatic rings. The van der Waals surface area contributed by atoms with Crippen LogP contribution < -0.4 is 0 Å². The maximum atomic E-state index is 3.53. The summed E-state index contributed by atoms with van der Waals surface area (Å²) in [5, 5.41) is 1.17. The summed E-state index contributed by atoms with van der Waals surface area (Å²) in [7, 11) is 0. The van der Waals surface area contributed by atoms with E-state index in [-0.39, 0.29) is 0 Å². The highest BCUT2D eigenvalue weighted by molar-refractivity contribution is 9.09. The smallest absolute Gasteiger partial charge is 0.00717 e. The molecule has 60 valence electrons. The third-order valence-electron chi connectivity index (χ3n) is 2.26. The first kappa shape index (κ1) is 8.54. The molecule has 10 heavy (non-hydrogen) atoms. The molecule has 0 spiro atoms. The first-order valence-electron chi connectivity index (χ1n) is 4.15. The molecule has 1 unspecified atom stereocenters. The first-order valence-corrected chi connectivity index (χ1v) is 5.27. The van der Waals surface area contributed by atoms with Crippen molar-refractivity contribution in [3.8, 4) is 0 Å². The van der Waals surface area contributed by atoms with Crippen LogP contribution >= 0.6 is 15.9 Å². The van der Waals surface area contributed by atoms with E-state index in [1.807, 2.05) is 0 Å². The molecule has 1 fully saturated rings. The third-order valence-corrected chi connectivity index (χ3v) is 3.18. The second-order valence-corrected chi connectivity index (χ2v) is 3.73. The second-order valence-electron chi connectivity index (χ2n) is 3.08. The quantitative estimate of drug-likeness (QED) is 0.637. The highest BCUT2D eigenvalue weighted by atomic mass is 79.9. The van der Waals surface area contributed by atoms with Gasteiger partial charge in [-0.3, -0.25) is 0 Å². The number of likely N-dealkylation sites (tertiary alicyclic amines) is 1. The second kappa shape index (κ2) is 4.35. The average molecular weight is 206 g/mol. The zero-order valence-electron chi connectivity index (χ0n) is 6.65. The van der Waals surface area contributed by atoms with E-state index in [2.05, 4.69) is 27.8 Å². The van der Waals surface area contributed by atoms with Gasteiger partial charge in [-0.15, -0.1) is 0 Å². The van der Waals surface area contributed by atoms with E-state index in [9.17, 15) is 0 Å². The van der Waals surface area contributed by atoms with E-state index in [4.69, 9.17) is 0 Å². The summed E-state index contributed by atoms with van der Waals surface area (Å²) >= 11 is 3.53. The van der Waals surface area contributed by atoms with Crippen LogP contribution in [0.15, 0.2) is 0 Å². The summed E-state index contributed by atoms with van der Waals surface area (Å²) in [4.78, 5) is 2.54. The molecule has 2 heteroatoms. The maximum Gasteiger partial charge on any atom is 0.00717 e. The lowest BCUT2D eigenvalue weighted by Gasteiger charge is -2.33. The largest absolute Gasteiger partial charge is 0.303 e. The summed E-state index contributed by atoms with van der Waals surface area (Å²) < 4.78 is 0. The molecule has 1 rings (SSSR count). The van der Waals surface area contributed by atoms with Gasteiger partial charge < -0.3 is 4.90 Å². The minimum atomic E-state index is 0.875. The molecule has 0 N–H and O–H groups in total. The third kappa shape index (κ3) is 2.24. The highest BCUT2D eigenvalue weighted by Crippen LogP contribution is 2.13. The van der Waals surface area contributed by atoms with Crippen LogP contribution in [-0.2, 0) is 0 Å². The van der Waals surface area contributed by atoms with Crippen molar-refractivity contribution in [3.05, 3.63) is 0 Å². The Morgan fingerprint density at radius 2 is 2.20 bits per heavy atom. The molecule has 1 aliphatic heterocycles. The Labute approximate surface area is 71.9 Å². The molecule has 0 aromatic carbocycles. The van der Waals surface area contributed by atoms with Crippen LogP contribution in [0.25, 0.3) is 0 Å². The molecule has 1 heterocycles. The Hall–Kier alpha value is 0.440. The monoisotopic (exact) mass is 205 g/mol. The lowest BCUT2D eigenvalue weighted by atomic mass is 10.1. The lowest BCUT2D eigenvalue weighted by Crippen LogP contribution is -2.40. The Bertz CT molecular complexity index is 87.3. The molecule has 0 bridgehead atoms. The number of nitrogens with zero attached hydrogens (tertiary/aromatic N) is 1. The molecule has 0 amide bonds. The molecule has 1 saturated heterocycles. The van der Waals surface area contributed by atoms with Gasteiger partial charge in [-0.25, -0.2) is 0 Å². The van der Waals surface area contributed by atoms with Crippen LogP contribution in [0.4, 0.5) is 0 Å². The predicted octanol–water partition coefficient (Wildman–Crippen LogP) is 2.11. The molecule has 1 atom stereocenters. The van der Waals surface area contributed by atoms with Gasteiger partial charge in [0.15, 0.2) is 0 Å². The van der Waals surface area contributed by atoms with E-state index in [1.54, 1.807) is 0 Å². The SMILES string of the molecule is CCC(CBr)CN1CCC1. The van der Waals surface area contributed by atoms with E-state index in [0.29, 0.717) is 0 Å². The van der Waals surface area contributed by atoms with Gasteiger partial charge in [0.25, 0.3) is 0 Å². The summed E-state index contributed by atoms with van der Waals surface area (Å²) in [6.07, 6.45) is 2.72. The van der Waals surface area contributed by atoms with Gasteiger partial charge in [-0.05, 0) is 25.4 Å². The Kier molecular flexibility index (Phi) is 3.71. The average Bonchev–Trinajstić information content (AvgIpc) is 1.87. The zero-order valence-corrected chi connectivity index (χ0v) is 8.23. The molecule has 0 aromatic heterocycles. The van der Waals surface area contributed by atoms with Gasteiger partial charge in [-0.1, -0.05) is 29.3 Å². The van der Waals surface area contributed by atoms with Crippen molar-refractivity contribution < 1.29 is 0 Å². The number of alkyl halides is 1. The summed E-state index contributed by atoms with van der Waals surface area (Å²) in [6.45, 7) is 6.25. The van der Waals surface area contributed by atoms with E-state index in [0.717, 1.165) is 5.92 Å². The van der Waals surface area contributed by atoms with Crippen molar-refractivity contribution in [3.63, 3.8) is 0 Å². The Morgan fingerprint density at radius 3 is 2.50 bits per heavy atom. The molecular weight excluding hydrogens is 190 g/mol. The van der Waals surface area contributed by atoms with Crippen LogP contribution in [0.5, 0.6) is 0 Å². The Morgan fingerprint density at radius 1 is 1.50 bits per heavy atom. The molecule has 0 radical (unpaired) electrons. The summed E-state index contributed by atoms with van der Waals surface area (Å²) in [6, 6.07) is 0. The summed E-state index contributed by atoms with van der Waals surface area (Å²) in [5.41, 5.74) is 0. The molecule has 0 aromatic rings. The summed E-state index contributed by atoms with van der Waals surface area (Å²) in [5.74, 6) is 0.875. The standard InChI is InChI=1S/C8H16BrN/c1-2-8(6-9)7-10-4-3-5-10/h8H,2-7H2,1H3. The topological polar surface area (TPSA) is 3.24 Å². The van der Waals surface area contributed by atoms with Crippen molar-refractivity contribution in [1.82, 2.24) is 4.90 Å². The van der Waals surface area contributed by atoms with Crippen LogP contribution in [0.2, 0.25) is 0 Å². The fourth-order valence-electron chi connectivity index (χ4n) is 1.22. The zero-order chi connectivity index (χ0) is 7.40. The number of halogens is 1. The molecule has 0 saturated carbocycles. The van der Waals surface area contributed by atoms with Gasteiger partial charge in [-0.2, -0.15) is 0 Å². The van der Waals surface area contributed by atoms with Crippen molar-refractivity contribution in [2.75, 3.05) is 25.0 Å². The van der Waals surface area contributed by atoms with Crippen molar-refractivity contribution in [2.45, 2.75) is 19.8 Å². The predicted molar refractivity (Wildman–Crippen MR) is 48.6 cm³/mol. The van der Waals surface area contributed by atoms with Crippen LogP contribution in [0.1, 0.15) is 19.8 Å².